The first-order valence-corrected chi connectivity index (χ1v) is 11.1. The number of benzene rings is 2. The van der Waals surface area contributed by atoms with E-state index in [1.165, 1.54) is 34.4 Å². The highest BCUT2D eigenvalue weighted by atomic mass is 32.1. The van der Waals surface area contributed by atoms with Gasteiger partial charge in [-0.1, -0.05) is 49.4 Å². The molecule has 0 spiro atoms. The summed E-state index contributed by atoms with van der Waals surface area (Å²) in [6.07, 6.45) is 5.54. The molecule has 2 aromatic carbocycles. The molecular formula is C25H30NOS. The third-order valence-electron chi connectivity index (χ3n) is 4.72. The lowest BCUT2D eigenvalue weighted by Gasteiger charge is -2.13. The minimum Gasteiger partial charge on any atom is -0.493 e. The first kappa shape index (κ1) is 20.6. The second-order valence-corrected chi connectivity index (χ2v) is 7.93. The summed E-state index contributed by atoms with van der Waals surface area (Å²) in [6, 6.07) is 21.5. The molecule has 1 radical (unpaired) electrons. The molecule has 0 aliphatic carbocycles. The molecule has 1 N–H and O–H groups in total. The van der Waals surface area contributed by atoms with Crippen LogP contribution in [0.3, 0.4) is 0 Å². The summed E-state index contributed by atoms with van der Waals surface area (Å²) in [4.78, 5) is 1.26. The van der Waals surface area contributed by atoms with Crippen LogP contribution in [0.5, 0.6) is 5.75 Å². The summed E-state index contributed by atoms with van der Waals surface area (Å²) in [7, 11) is 0. The van der Waals surface area contributed by atoms with Crippen molar-refractivity contribution in [2.75, 3.05) is 13.2 Å². The van der Waals surface area contributed by atoms with Crippen LogP contribution in [-0.4, -0.2) is 13.2 Å². The van der Waals surface area contributed by atoms with Crippen molar-refractivity contribution < 1.29 is 4.74 Å². The first-order valence-electron chi connectivity index (χ1n) is 10.2. The van der Waals surface area contributed by atoms with Crippen LogP contribution in [0.15, 0.2) is 66.0 Å². The predicted molar refractivity (Wildman–Crippen MR) is 121 cm³/mol. The maximum absolute atomic E-state index is 6.17. The molecule has 0 atom stereocenters. The SMILES string of the molecule is [CH2]CCNCc1ccc(OCCCCCc2ccccc2)c(-c2cccs2)c1. The number of hydrogen-bond donors (Lipinski definition) is 1. The molecule has 0 amide bonds. The molecule has 0 aliphatic rings. The van der Waals surface area contributed by atoms with Crippen LogP contribution in [0.1, 0.15) is 36.8 Å². The molecular weight excluding hydrogens is 362 g/mol. The van der Waals surface area contributed by atoms with Gasteiger partial charge in [-0.15, -0.1) is 11.3 Å². The van der Waals surface area contributed by atoms with E-state index in [9.17, 15) is 0 Å². The maximum Gasteiger partial charge on any atom is 0.127 e. The van der Waals surface area contributed by atoms with Gasteiger partial charge in [0.25, 0.3) is 0 Å². The number of unbranched alkanes of at least 4 members (excludes halogenated alkanes) is 2. The summed E-state index contributed by atoms with van der Waals surface area (Å²) in [5.41, 5.74) is 3.91. The Hall–Kier alpha value is -2.10. The van der Waals surface area contributed by atoms with Crippen LogP contribution in [0.2, 0.25) is 0 Å². The zero-order valence-corrected chi connectivity index (χ0v) is 17.3. The Balaban J connectivity index is 1.51. The lowest BCUT2D eigenvalue weighted by molar-refractivity contribution is 0.306. The number of aryl methyl sites for hydroxylation is 1. The van der Waals surface area contributed by atoms with E-state index in [2.05, 4.69) is 78.3 Å². The smallest absolute Gasteiger partial charge is 0.127 e. The molecule has 0 aliphatic heterocycles. The largest absolute Gasteiger partial charge is 0.493 e. The molecule has 0 unspecified atom stereocenters. The third-order valence-corrected chi connectivity index (χ3v) is 5.63. The fraction of sp³-hybridized carbons (Fsp3) is 0.320. The van der Waals surface area contributed by atoms with Gasteiger partial charge in [0.1, 0.15) is 5.75 Å². The molecule has 0 saturated heterocycles. The lowest BCUT2D eigenvalue weighted by atomic mass is 10.1. The van der Waals surface area contributed by atoms with Crippen LogP contribution in [0.4, 0.5) is 0 Å². The number of thiophene rings is 1. The van der Waals surface area contributed by atoms with Crippen molar-refractivity contribution in [3.05, 3.63) is 84.1 Å². The fourth-order valence-electron chi connectivity index (χ4n) is 3.23. The fourth-order valence-corrected chi connectivity index (χ4v) is 3.98. The van der Waals surface area contributed by atoms with Crippen molar-refractivity contribution in [1.82, 2.24) is 5.32 Å². The van der Waals surface area contributed by atoms with Gasteiger partial charge in [-0.25, -0.2) is 0 Å². The van der Waals surface area contributed by atoms with Crippen LogP contribution in [-0.2, 0) is 13.0 Å². The van der Waals surface area contributed by atoms with Gasteiger partial charge in [0.05, 0.1) is 6.61 Å². The Bertz CT molecular complexity index is 799. The normalized spacial score (nSPS) is 10.9. The van der Waals surface area contributed by atoms with Gasteiger partial charge in [-0.05, 0) is 73.4 Å². The molecule has 3 heteroatoms. The van der Waals surface area contributed by atoms with Gasteiger partial charge in [0.2, 0.25) is 0 Å². The third kappa shape index (κ3) is 6.50. The van der Waals surface area contributed by atoms with Crippen molar-refractivity contribution in [1.29, 1.82) is 0 Å². The van der Waals surface area contributed by atoms with Crippen LogP contribution in [0.25, 0.3) is 10.4 Å². The van der Waals surface area contributed by atoms with Crippen LogP contribution in [0, 0.1) is 6.92 Å². The summed E-state index contributed by atoms with van der Waals surface area (Å²) in [5.74, 6) is 0.992. The molecule has 1 aromatic heterocycles. The highest BCUT2D eigenvalue weighted by Gasteiger charge is 2.09. The molecule has 1 heterocycles. The molecule has 0 bridgehead atoms. The highest BCUT2D eigenvalue weighted by Crippen LogP contribution is 2.34. The van der Waals surface area contributed by atoms with E-state index in [1.54, 1.807) is 11.3 Å². The average molecular weight is 393 g/mol. The summed E-state index contributed by atoms with van der Waals surface area (Å²) in [6.45, 7) is 6.46. The molecule has 28 heavy (non-hydrogen) atoms. The van der Waals surface area contributed by atoms with Gasteiger partial charge < -0.3 is 10.1 Å². The zero-order valence-electron chi connectivity index (χ0n) is 16.5. The number of ether oxygens (including phenoxy) is 1. The Morgan fingerprint density at radius 3 is 2.57 bits per heavy atom. The monoisotopic (exact) mass is 392 g/mol. The Labute approximate surface area is 173 Å². The summed E-state index contributed by atoms with van der Waals surface area (Å²) < 4.78 is 6.17. The van der Waals surface area contributed by atoms with Crippen LogP contribution < -0.4 is 10.1 Å². The molecule has 0 fully saturated rings. The van der Waals surface area contributed by atoms with Crippen LogP contribution >= 0.6 is 11.3 Å². The Kier molecular flexibility index (Phi) is 8.60. The predicted octanol–water partition coefficient (Wildman–Crippen LogP) is 6.52. The average Bonchev–Trinajstić information content (AvgIpc) is 3.27. The van der Waals surface area contributed by atoms with E-state index in [-0.39, 0.29) is 0 Å². The molecule has 2 nitrogen and oxygen atoms in total. The van der Waals surface area contributed by atoms with E-state index in [0.717, 1.165) is 44.7 Å². The second kappa shape index (κ2) is 11.7. The van der Waals surface area contributed by atoms with E-state index in [0.29, 0.717) is 0 Å². The minimum absolute atomic E-state index is 0.770. The van der Waals surface area contributed by atoms with E-state index >= 15 is 0 Å². The van der Waals surface area contributed by atoms with Crippen molar-refractivity contribution in [3.63, 3.8) is 0 Å². The number of rotatable bonds is 12. The van der Waals surface area contributed by atoms with E-state index in [1.807, 2.05) is 0 Å². The lowest BCUT2D eigenvalue weighted by Crippen LogP contribution is -2.13. The first-order chi connectivity index (χ1) is 13.9. The van der Waals surface area contributed by atoms with Crippen molar-refractivity contribution in [3.8, 4) is 16.2 Å². The van der Waals surface area contributed by atoms with Gasteiger partial charge >= 0.3 is 0 Å². The zero-order chi connectivity index (χ0) is 19.4. The number of hydrogen-bond acceptors (Lipinski definition) is 3. The molecule has 3 aromatic rings. The Morgan fingerprint density at radius 2 is 1.79 bits per heavy atom. The standard InChI is InChI=1S/C25H30NOS/c1-2-16-26-20-22-14-15-24(23(19-22)25-13-9-18-28-25)27-17-8-4-7-12-21-10-5-3-6-11-21/h3,5-6,9-11,13-15,18-19,26H,1-2,4,7-8,12,16-17,20H2. The van der Waals surface area contributed by atoms with Gasteiger partial charge in [0.15, 0.2) is 0 Å². The minimum atomic E-state index is 0.770. The van der Waals surface area contributed by atoms with Gasteiger partial charge in [-0.2, -0.15) is 0 Å². The molecule has 147 valence electrons. The van der Waals surface area contributed by atoms with Gasteiger partial charge in [-0.3, -0.25) is 0 Å². The quantitative estimate of drug-likeness (QED) is 0.354. The van der Waals surface area contributed by atoms with Crippen molar-refractivity contribution in [2.24, 2.45) is 0 Å². The van der Waals surface area contributed by atoms with E-state index < -0.39 is 0 Å². The van der Waals surface area contributed by atoms with Crippen molar-refractivity contribution >= 4 is 11.3 Å². The maximum atomic E-state index is 6.17. The summed E-state index contributed by atoms with van der Waals surface area (Å²) in [5, 5.41) is 5.54. The van der Waals surface area contributed by atoms with Gasteiger partial charge in [0, 0.05) is 17.0 Å². The molecule has 0 saturated carbocycles. The Morgan fingerprint density at radius 1 is 0.893 bits per heavy atom. The number of nitrogens with one attached hydrogen (secondary N) is 1. The highest BCUT2D eigenvalue weighted by molar-refractivity contribution is 7.13. The van der Waals surface area contributed by atoms with E-state index in [4.69, 9.17) is 4.74 Å². The second-order valence-electron chi connectivity index (χ2n) is 6.98. The van der Waals surface area contributed by atoms with Crippen molar-refractivity contribution in [2.45, 2.75) is 38.6 Å². The topological polar surface area (TPSA) is 21.3 Å². The summed E-state index contributed by atoms with van der Waals surface area (Å²) >= 11 is 1.76. The molecule has 3 rings (SSSR count).